The van der Waals surface area contributed by atoms with E-state index in [0.717, 1.165) is 0 Å². The number of para-hydroxylation sites is 1. The summed E-state index contributed by atoms with van der Waals surface area (Å²) in [5.74, 6) is -3.04. The number of ether oxygens (including phenoxy) is 1. The van der Waals surface area contributed by atoms with E-state index < -0.39 is 35.3 Å². The average Bonchev–Trinajstić information content (AvgIpc) is 2.69. The van der Waals surface area contributed by atoms with E-state index in [2.05, 4.69) is 5.32 Å². The van der Waals surface area contributed by atoms with Gasteiger partial charge >= 0.3 is 5.97 Å². The molecule has 0 aliphatic rings. The van der Waals surface area contributed by atoms with Gasteiger partial charge in [0.1, 0.15) is 6.04 Å². The van der Waals surface area contributed by atoms with Crippen molar-refractivity contribution in [2.45, 2.75) is 52.1 Å². The first-order valence-electron chi connectivity index (χ1n) is 10.2. The van der Waals surface area contributed by atoms with E-state index in [1.165, 1.54) is 25.1 Å². The lowest BCUT2D eigenvalue weighted by molar-refractivity contribution is -0.138. The molecule has 2 atom stereocenters. The topological polar surface area (TPSA) is 145 Å². The number of methoxy groups -OCH3 is 1. The zero-order valence-corrected chi connectivity index (χ0v) is 19.1. The van der Waals surface area contributed by atoms with E-state index in [1.54, 1.807) is 18.2 Å². The van der Waals surface area contributed by atoms with Crippen LogP contribution in [0.3, 0.4) is 0 Å². The largest absolute Gasteiger partial charge is 0.465 e. The highest BCUT2D eigenvalue weighted by Crippen LogP contribution is 2.32. The quantitative estimate of drug-likeness (QED) is 0.352. The Bertz CT molecular complexity index is 824. The maximum atomic E-state index is 13.5. The number of primary amides is 2. The molecule has 172 valence electrons. The molecule has 1 aromatic rings. The molecule has 0 fully saturated rings. The van der Waals surface area contributed by atoms with Crippen LogP contribution < -0.4 is 21.7 Å². The molecular formula is C22H34N4O5. The van der Waals surface area contributed by atoms with E-state index in [-0.39, 0.29) is 23.8 Å². The summed E-state index contributed by atoms with van der Waals surface area (Å²) in [7, 11) is 2.75. The summed E-state index contributed by atoms with van der Waals surface area (Å²) < 4.78 is 4.84. The Morgan fingerprint density at radius 2 is 1.65 bits per heavy atom. The zero-order chi connectivity index (χ0) is 23.9. The third-order valence-corrected chi connectivity index (χ3v) is 5.09. The second-order valence-electron chi connectivity index (χ2n) is 8.45. The molecule has 0 heterocycles. The molecule has 31 heavy (non-hydrogen) atoms. The summed E-state index contributed by atoms with van der Waals surface area (Å²) >= 11 is 0. The van der Waals surface area contributed by atoms with Crippen molar-refractivity contribution in [2.75, 3.05) is 19.1 Å². The number of carbonyl (C=O) groups excluding carboxylic acids is 4. The van der Waals surface area contributed by atoms with Gasteiger partial charge in [-0.05, 0) is 36.8 Å². The van der Waals surface area contributed by atoms with Crippen molar-refractivity contribution in [1.82, 2.24) is 5.32 Å². The number of nitrogens with one attached hydrogen (secondary N) is 1. The molecule has 9 nitrogen and oxygen atoms in total. The number of hydrogen-bond acceptors (Lipinski definition) is 6. The van der Waals surface area contributed by atoms with Gasteiger partial charge in [-0.2, -0.15) is 0 Å². The minimum atomic E-state index is -1.87. The molecule has 0 bridgehead atoms. The summed E-state index contributed by atoms with van der Waals surface area (Å²) in [6.45, 7) is 7.45. The van der Waals surface area contributed by atoms with Crippen molar-refractivity contribution >= 4 is 29.4 Å². The van der Waals surface area contributed by atoms with Crippen LogP contribution in [0.15, 0.2) is 24.3 Å². The first kappa shape index (κ1) is 25.9. The first-order chi connectivity index (χ1) is 14.4. The van der Waals surface area contributed by atoms with Crippen LogP contribution in [-0.2, 0) is 19.1 Å². The number of carbonyl (C=O) groups is 4. The number of rotatable bonds is 11. The normalized spacial score (nSPS) is 13.9. The molecular weight excluding hydrogens is 400 g/mol. The van der Waals surface area contributed by atoms with Crippen molar-refractivity contribution in [3.05, 3.63) is 29.8 Å². The maximum absolute atomic E-state index is 13.5. The second kappa shape index (κ2) is 10.8. The number of hydrogen-bond donors (Lipinski definition) is 3. The Morgan fingerprint density at radius 3 is 2.10 bits per heavy atom. The van der Waals surface area contributed by atoms with E-state index in [0.29, 0.717) is 12.1 Å². The summed E-state index contributed by atoms with van der Waals surface area (Å²) in [5.41, 5.74) is 9.87. The highest BCUT2D eigenvalue weighted by molar-refractivity contribution is 6.13. The average molecular weight is 435 g/mol. The Kier molecular flexibility index (Phi) is 9.02. The van der Waals surface area contributed by atoms with E-state index in [9.17, 15) is 19.2 Å². The van der Waals surface area contributed by atoms with Crippen LogP contribution in [0, 0.1) is 11.8 Å². The number of anilines is 1. The molecule has 0 spiro atoms. The SMILES string of the molecule is COC(=O)c1ccccc1N(C)[C@](CC(C)C)(C(N)=O)C(=O)N[C@@H](CC(C)C)C(N)=O. The van der Waals surface area contributed by atoms with Gasteiger partial charge < -0.3 is 26.4 Å². The van der Waals surface area contributed by atoms with Gasteiger partial charge in [0.15, 0.2) is 5.54 Å². The van der Waals surface area contributed by atoms with E-state index in [4.69, 9.17) is 16.2 Å². The van der Waals surface area contributed by atoms with Crippen LogP contribution in [-0.4, -0.2) is 49.4 Å². The minimum absolute atomic E-state index is 0.0489. The van der Waals surface area contributed by atoms with Crippen LogP contribution in [0.5, 0.6) is 0 Å². The number of amides is 3. The van der Waals surface area contributed by atoms with Gasteiger partial charge in [0.25, 0.3) is 11.8 Å². The smallest absolute Gasteiger partial charge is 0.339 e. The molecule has 0 radical (unpaired) electrons. The van der Waals surface area contributed by atoms with Crippen molar-refractivity contribution in [2.24, 2.45) is 23.3 Å². The molecule has 0 saturated heterocycles. The highest BCUT2D eigenvalue weighted by Gasteiger charge is 2.50. The maximum Gasteiger partial charge on any atom is 0.339 e. The third kappa shape index (κ3) is 5.96. The van der Waals surface area contributed by atoms with Crippen molar-refractivity contribution in [3.63, 3.8) is 0 Å². The Morgan fingerprint density at radius 1 is 1.06 bits per heavy atom. The highest BCUT2D eigenvalue weighted by atomic mass is 16.5. The number of likely N-dealkylation sites (N-methyl/N-ethyl adjacent to an activating group) is 1. The van der Waals surface area contributed by atoms with Crippen LogP contribution in [0.4, 0.5) is 5.69 Å². The summed E-state index contributed by atoms with van der Waals surface area (Å²) in [6, 6.07) is 5.47. The van der Waals surface area contributed by atoms with Gasteiger partial charge in [-0.25, -0.2) is 4.79 Å². The predicted molar refractivity (Wildman–Crippen MR) is 118 cm³/mol. The molecule has 0 aliphatic heterocycles. The van der Waals surface area contributed by atoms with E-state index >= 15 is 0 Å². The lowest BCUT2D eigenvalue weighted by Gasteiger charge is -2.41. The Labute approximate surface area is 183 Å². The fraction of sp³-hybridized carbons (Fsp3) is 0.545. The van der Waals surface area contributed by atoms with Gasteiger partial charge in [-0.15, -0.1) is 0 Å². The molecule has 0 unspecified atom stereocenters. The molecule has 0 aromatic heterocycles. The van der Waals surface area contributed by atoms with Crippen LogP contribution >= 0.6 is 0 Å². The third-order valence-electron chi connectivity index (χ3n) is 5.09. The second-order valence-corrected chi connectivity index (χ2v) is 8.45. The van der Waals surface area contributed by atoms with Gasteiger partial charge in [-0.1, -0.05) is 39.8 Å². The molecule has 9 heteroatoms. The predicted octanol–water partition coefficient (Wildman–Crippen LogP) is 1.20. The Hall–Kier alpha value is -3.10. The summed E-state index contributed by atoms with van der Waals surface area (Å²) in [6.07, 6.45) is 0.355. The fourth-order valence-electron chi connectivity index (χ4n) is 3.60. The van der Waals surface area contributed by atoms with E-state index in [1.807, 2.05) is 27.7 Å². The van der Waals surface area contributed by atoms with Gasteiger partial charge in [0, 0.05) is 7.05 Å². The van der Waals surface area contributed by atoms with Crippen LogP contribution in [0.2, 0.25) is 0 Å². The lowest BCUT2D eigenvalue weighted by atomic mass is 9.84. The number of benzene rings is 1. The number of nitrogens with zero attached hydrogens (tertiary/aromatic N) is 1. The Balaban J connectivity index is 3.59. The summed E-state index contributed by atoms with van der Waals surface area (Å²) in [4.78, 5) is 51.9. The fourth-order valence-corrected chi connectivity index (χ4v) is 3.60. The minimum Gasteiger partial charge on any atom is -0.465 e. The zero-order valence-electron chi connectivity index (χ0n) is 19.1. The molecule has 0 aliphatic carbocycles. The number of nitrogens with two attached hydrogens (primary N) is 2. The van der Waals surface area contributed by atoms with Gasteiger partial charge in [-0.3, -0.25) is 14.4 Å². The van der Waals surface area contributed by atoms with Crippen molar-refractivity contribution < 1.29 is 23.9 Å². The summed E-state index contributed by atoms with van der Waals surface area (Å²) in [5, 5.41) is 2.62. The van der Waals surface area contributed by atoms with Crippen molar-refractivity contribution in [1.29, 1.82) is 0 Å². The molecule has 5 N–H and O–H groups in total. The standard InChI is InChI=1S/C22H34N4O5/c1-13(2)11-16(18(23)27)25-21(30)22(20(24)29,12-14(3)4)26(5)17-10-8-7-9-15(17)19(28)31-6/h7-10,13-14,16H,11-12H2,1-6H3,(H2,23,27)(H2,24,29)(H,25,30)/t16-,22+/m0/s1. The molecule has 1 rings (SSSR count). The van der Waals surface area contributed by atoms with Gasteiger partial charge in [0.05, 0.1) is 18.4 Å². The molecule has 3 amide bonds. The molecule has 1 aromatic carbocycles. The first-order valence-corrected chi connectivity index (χ1v) is 10.2. The van der Waals surface area contributed by atoms with Gasteiger partial charge in [0.2, 0.25) is 5.91 Å². The van der Waals surface area contributed by atoms with Crippen LogP contribution in [0.1, 0.15) is 50.9 Å². The van der Waals surface area contributed by atoms with Crippen LogP contribution in [0.25, 0.3) is 0 Å². The lowest BCUT2D eigenvalue weighted by Crippen LogP contribution is -2.67. The molecule has 0 saturated carbocycles. The van der Waals surface area contributed by atoms with Crippen molar-refractivity contribution in [3.8, 4) is 0 Å². The number of esters is 1. The monoisotopic (exact) mass is 434 g/mol.